The number of ether oxygens (including phenoxy) is 2. The van der Waals surface area contributed by atoms with Crippen molar-refractivity contribution in [2.45, 2.75) is 44.8 Å². The maximum atomic E-state index is 13.4. The Morgan fingerprint density at radius 1 is 1.33 bits per heavy atom. The molecule has 0 radical (unpaired) electrons. The molecule has 6 nitrogen and oxygen atoms in total. The molecule has 1 aromatic heterocycles. The van der Waals surface area contributed by atoms with Gasteiger partial charge in [-0.3, -0.25) is 9.69 Å². The summed E-state index contributed by atoms with van der Waals surface area (Å²) in [6.45, 7) is 5.01. The normalized spacial score (nSPS) is 16.6. The number of fused-ring (bicyclic) bond motifs is 1. The van der Waals surface area contributed by atoms with E-state index in [0.29, 0.717) is 45.0 Å². The van der Waals surface area contributed by atoms with Crippen LogP contribution in [-0.4, -0.2) is 73.4 Å². The van der Waals surface area contributed by atoms with Crippen LogP contribution in [0.25, 0.3) is 0 Å². The first-order valence-electron chi connectivity index (χ1n) is 11.6. The maximum absolute atomic E-state index is 13.4. The highest BCUT2D eigenvalue weighted by Gasteiger charge is 2.33. The number of carbonyl (C=O) groups is 1. The number of aliphatic hydroxyl groups is 1. The van der Waals surface area contributed by atoms with Gasteiger partial charge in [-0.15, -0.1) is 11.3 Å². The van der Waals surface area contributed by atoms with E-state index in [1.807, 2.05) is 16.7 Å². The largest absolute Gasteiger partial charge is 0.491 e. The van der Waals surface area contributed by atoms with E-state index < -0.39 is 6.10 Å². The Hall–Kier alpha value is -2.00. The van der Waals surface area contributed by atoms with Gasteiger partial charge in [-0.25, -0.2) is 4.39 Å². The van der Waals surface area contributed by atoms with Gasteiger partial charge in [0.1, 0.15) is 18.2 Å². The second-order valence-electron chi connectivity index (χ2n) is 8.44. The van der Waals surface area contributed by atoms with Gasteiger partial charge >= 0.3 is 0 Å². The highest BCUT2D eigenvalue weighted by molar-refractivity contribution is 7.10. The molecule has 8 heteroatoms. The predicted octanol–water partition coefficient (Wildman–Crippen LogP) is 3.89. The number of amides is 1. The fourth-order valence-corrected chi connectivity index (χ4v) is 5.18. The Morgan fingerprint density at radius 3 is 2.85 bits per heavy atom. The molecule has 1 N–H and O–H groups in total. The number of rotatable bonds is 13. The van der Waals surface area contributed by atoms with Gasteiger partial charge in [0.2, 0.25) is 5.91 Å². The van der Waals surface area contributed by atoms with Crippen LogP contribution in [-0.2, 0) is 16.0 Å². The van der Waals surface area contributed by atoms with Gasteiger partial charge in [0.25, 0.3) is 0 Å². The first kappa shape index (κ1) is 25.6. The molecule has 2 heterocycles. The Bertz CT molecular complexity index is 860. The minimum Gasteiger partial charge on any atom is -0.491 e. The van der Waals surface area contributed by atoms with Crippen LogP contribution in [0.4, 0.5) is 4.39 Å². The molecule has 0 fully saturated rings. The summed E-state index contributed by atoms with van der Waals surface area (Å²) in [5.41, 5.74) is 1.12. The van der Waals surface area contributed by atoms with Gasteiger partial charge in [0.15, 0.2) is 0 Å². The van der Waals surface area contributed by atoms with Crippen LogP contribution >= 0.6 is 11.3 Å². The van der Waals surface area contributed by atoms with Crippen molar-refractivity contribution in [2.24, 2.45) is 0 Å². The lowest BCUT2D eigenvalue weighted by atomic mass is 10.0. The third-order valence-electron chi connectivity index (χ3n) is 5.91. The van der Waals surface area contributed by atoms with Crippen molar-refractivity contribution >= 4 is 17.2 Å². The minimum atomic E-state index is -0.451. The average Bonchev–Trinajstić information content (AvgIpc) is 3.28. The van der Waals surface area contributed by atoms with Gasteiger partial charge in [0.05, 0.1) is 18.7 Å². The lowest BCUT2D eigenvalue weighted by molar-refractivity contribution is -0.136. The summed E-state index contributed by atoms with van der Waals surface area (Å²) in [6, 6.07) is 7.82. The second kappa shape index (κ2) is 13.0. The molecule has 0 aliphatic carbocycles. The molecule has 1 aliphatic rings. The highest BCUT2D eigenvalue weighted by Crippen LogP contribution is 2.34. The number of nitrogens with zero attached hydrogens (tertiary/aromatic N) is 2. The van der Waals surface area contributed by atoms with Crippen LogP contribution in [0.1, 0.15) is 42.7 Å². The standard InChI is InChI=1S/C25H35FN2O4S/c1-3-5-20(29)16-27(12-4-14-31-2)17-25(30)28-13-10-24-22(11-15-33-24)23(28)18-32-21-8-6-19(26)7-9-21/h6-9,11,15,20,23,29H,3-5,10,12-14,16-18H2,1-2H3/t20-,23-/m0/s1. The van der Waals surface area contributed by atoms with Crippen molar-refractivity contribution in [3.8, 4) is 5.75 Å². The zero-order valence-corrected chi connectivity index (χ0v) is 20.4. The van der Waals surface area contributed by atoms with E-state index in [9.17, 15) is 14.3 Å². The topological polar surface area (TPSA) is 62.2 Å². The number of aliphatic hydroxyl groups excluding tert-OH is 1. The molecular weight excluding hydrogens is 443 g/mol. The molecule has 182 valence electrons. The van der Waals surface area contributed by atoms with E-state index in [0.717, 1.165) is 24.8 Å². The first-order chi connectivity index (χ1) is 16.0. The molecule has 3 rings (SSSR count). The monoisotopic (exact) mass is 478 g/mol. The summed E-state index contributed by atoms with van der Waals surface area (Å²) in [4.78, 5) is 18.7. The lowest BCUT2D eigenvalue weighted by Crippen LogP contribution is -2.48. The van der Waals surface area contributed by atoms with Crippen molar-refractivity contribution in [1.29, 1.82) is 0 Å². The third-order valence-corrected chi connectivity index (χ3v) is 6.91. The van der Waals surface area contributed by atoms with Crippen LogP contribution in [0.15, 0.2) is 35.7 Å². The van der Waals surface area contributed by atoms with E-state index >= 15 is 0 Å². The maximum Gasteiger partial charge on any atom is 0.237 e. The van der Waals surface area contributed by atoms with E-state index in [-0.39, 0.29) is 24.3 Å². The third kappa shape index (κ3) is 7.50. The van der Waals surface area contributed by atoms with Crippen LogP contribution in [0.2, 0.25) is 0 Å². The number of carbonyl (C=O) groups excluding carboxylic acids is 1. The summed E-state index contributed by atoms with van der Waals surface area (Å²) in [6.07, 6.45) is 2.79. The zero-order chi connectivity index (χ0) is 23.6. The quantitative estimate of drug-likeness (QED) is 0.443. The number of hydrogen-bond acceptors (Lipinski definition) is 6. The smallest absolute Gasteiger partial charge is 0.237 e. The van der Waals surface area contributed by atoms with Gasteiger partial charge < -0.3 is 19.5 Å². The van der Waals surface area contributed by atoms with Crippen molar-refractivity contribution in [3.05, 3.63) is 52.0 Å². The average molecular weight is 479 g/mol. The van der Waals surface area contributed by atoms with Gasteiger partial charge in [0, 0.05) is 38.2 Å². The molecule has 0 saturated heterocycles. The summed E-state index contributed by atoms with van der Waals surface area (Å²) in [7, 11) is 1.67. The van der Waals surface area contributed by atoms with E-state index in [1.54, 1.807) is 30.6 Å². The van der Waals surface area contributed by atoms with Crippen molar-refractivity contribution in [2.75, 3.05) is 46.5 Å². The Kier molecular flexibility index (Phi) is 10.1. The number of benzene rings is 1. The minimum absolute atomic E-state index is 0.0284. The Morgan fingerprint density at radius 2 is 2.12 bits per heavy atom. The Balaban J connectivity index is 1.69. The summed E-state index contributed by atoms with van der Waals surface area (Å²) in [5.74, 6) is 0.298. The molecule has 0 bridgehead atoms. The molecule has 1 amide bonds. The molecular formula is C25H35FN2O4S. The lowest BCUT2D eigenvalue weighted by Gasteiger charge is -2.37. The fraction of sp³-hybridized carbons (Fsp3) is 0.560. The second-order valence-corrected chi connectivity index (χ2v) is 9.44. The number of thiophene rings is 1. The summed E-state index contributed by atoms with van der Waals surface area (Å²) in [5, 5.41) is 12.4. The molecule has 0 spiro atoms. The van der Waals surface area contributed by atoms with Crippen molar-refractivity contribution in [1.82, 2.24) is 9.80 Å². The van der Waals surface area contributed by atoms with E-state index in [2.05, 4.69) is 11.4 Å². The molecule has 1 aromatic carbocycles. The van der Waals surface area contributed by atoms with Crippen LogP contribution in [0.3, 0.4) is 0 Å². The molecule has 0 saturated carbocycles. The highest BCUT2D eigenvalue weighted by atomic mass is 32.1. The number of methoxy groups -OCH3 is 1. The van der Waals surface area contributed by atoms with Gasteiger partial charge in [-0.1, -0.05) is 13.3 Å². The van der Waals surface area contributed by atoms with Gasteiger partial charge in [-0.05, 0) is 60.5 Å². The Labute approximate surface area is 199 Å². The predicted molar refractivity (Wildman–Crippen MR) is 128 cm³/mol. The number of halogens is 1. The molecule has 1 aliphatic heterocycles. The van der Waals surface area contributed by atoms with E-state index in [1.165, 1.54) is 17.0 Å². The molecule has 33 heavy (non-hydrogen) atoms. The van der Waals surface area contributed by atoms with Crippen LogP contribution < -0.4 is 4.74 Å². The molecule has 0 unspecified atom stereocenters. The SMILES string of the molecule is CCC[C@H](O)CN(CCCOC)CC(=O)N1CCc2sccc2[C@@H]1COc1ccc(F)cc1. The zero-order valence-electron chi connectivity index (χ0n) is 19.5. The van der Waals surface area contributed by atoms with Crippen molar-refractivity contribution in [3.63, 3.8) is 0 Å². The van der Waals surface area contributed by atoms with Crippen LogP contribution in [0.5, 0.6) is 5.75 Å². The van der Waals surface area contributed by atoms with E-state index in [4.69, 9.17) is 9.47 Å². The molecule has 2 aromatic rings. The molecule has 2 atom stereocenters. The first-order valence-corrected chi connectivity index (χ1v) is 12.5. The van der Waals surface area contributed by atoms with Crippen molar-refractivity contribution < 1.29 is 23.8 Å². The number of hydrogen-bond donors (Lipinski definition) is 1. The fourth-order valence-electron chi connectivity index (χ4n) is 4.25. The van der Waals surface area contributed by atoms with Crippen LogP contribution in [0, 0.1) is 5.82 Å². The summed E-state index contributed by atoms with van der Waals surface area (Å²) < 4.78 is 24.4. The van der Waals surface area contributed by atoms with Gasteiger partial charge in [-0.2, -0.15) is 0 Å². The summed E-state index contributed by atoms with van der Waals surface area (Å²) >= 11 is 1.71.